The maximum atomic E-state index is 12.9. The molecular formula is C15H20N4O3S. The number of aromatic amines is 1. The summed E-state index contributed by atoms with van der Waals surface area (Å²) in [5, 5.41) is 0. The Morgan fingerprint density at radius 1 is 1.17 bits per heavy atom. The number of benzene rings is 1. The number of nitrogens with zero attached hydrogens (tertiary/aromatic N) is 3. The van der Waals surface area contributed by atoms with E-state index in [-0.39, 0.29) is 6.04 Å². The van der Waals surface area contributed by atoms with Crippen LogP contribution in [-0.4, -0.2) is 59.8 Å². The highest BCUT2D eigenvalue weighted by Crippen LogP contribution is 2.34. The van der Waals surface area contributed by atoms with E-state index in [9.17, 15) is 8.42 Å². The van der Waals surface area contributed by atoms with Gasteiger partial charge in [0.2, 0.25) is 0 Å². The lowest BCUT2D eigenvalue weighted by atomic mass is 10.2. The molecular weight excluding hydrogens is 316 g/mol. The summed E-state index contributed by atoms with van der Waals surface area (Å²) in [4.78, 5) is 7.88. The highest BCUT2D eigenvalue weighted by Gasteiger charge is 2.40. The number of aromatic nitrogens is 2. The monoisotopic (exact) mass is 336 g/mol. The normalized spacial score (nSPS) is 24.4. The van der Waals surface area contributed by atoms with Crippen molar-refractivity contribution in [2.45, 2.75) is 18.9 Å². The molecule has 4 rings (SSSR count). The van der Waals surface area contributed by atoms with Gasteiger partial charge in [-0.05, 0) is 25.0 Å². The summed E-state index contributed by atoms with van der Waals surface area (Å²) in [6, 6.07) is 7.56. The number of para-hydroxylation sites is 2. The van der Waals surface area contributed by atoms with Gasteiger partial charge in [-0.15, -0.1) is 0 Å². The van der Waals surface area contributed by atoms with Crippen LogP contribution in [0.25, 0.3) is 11.0 Å². The SMILES string of the molecule is O=S(=O)(N1CCOCC1)N1CCC[C@@H]1c1nc2ccccc2[nH]1. The summed E-state index contributed by atoms with van der Waals surface area (Å²) in [6.07, 6.45) is 1.65. The van der Waals surface area contributed by atoms with Gasteiger partial charge < -0.3 is 9.72 Å². The van der Waals surface area contributed by atoms with E-state index in [0.717, 1.165) is 29.7 Å². The van der Waals surface area contributed by atoms with Crippen molar-refractivity contribution in [1.29, 1.82) is 0 Å². The van der Waals surface area contributed by atoms with Gasteiger partial charge in [-0.3, -0.25) is 0 Å². The first-order valence-corrected chi connectivity index (χ1v) is 9.35. The van der Waals surface area contributed by atoms with Crippen molar-refractivity contribution < 1.29 is 13.2 Å². The first kappa shape index (κ1) is 15.1. The van der Waals surface area contributed by atoms with Crippen molar-refractivity contribution in [3.05, 3.63) is 30.1 Å². The van der Waals surface area contributed by atoms with E-state index in [2.05, 4.69) is 9.97 Å². The topological polar surface area (TPSA) is 78.5 Å². The molecule has 0 unspecified atom stereocenters. The molecule has 23 heavy (non-hydrogen) atoms. The van der Waals surface area contributed by atoms with Crippen molar-refractivity contribution in [3.63, 3.8) is 0 Å². The van der Waals surface area contributed by atoms with Gasteiger partial charge in [0.05, 0.1) is 30.3 Å². The van der Waals surface area contributed by atoms with Crippen LogP contribution in [0.15, 0.2) is 24.3 Å². The highest BCUT2D eigenvalue weighted by atomic mass is 32.2. The van der Waals surface area contributed by atoms with E-state index in [1.54, 1.807) is 4.31 Å². The predicted octanol–water partition coefficient (Wildman–Crippen LogP) is 1.28. The van der Waals surface area contributed by atoms with Crippen LogP contribution in [0.3, 0.4) is 0 Å². The number of ether oxygens (including phenoxy) is 1. The molecule has 0 amide bonds. The molecule has 0 spiro atoms. The van der Waals surface area contributed by atoms with Crippen molar-refractivity contribution in [2.75, 3.05) is 32.8 Å². The molecule has 0 aliphatic carbocycles. The smallest absolute Gasteiger partial charge is 0.282 e. The summed E-state index contributed by atoms with van der Waals surface area (Å²) < 4.78 is 34.3. The number of morpholine rings is 1. The molecule has 124 valence electrons. The molecule has 2 fully saturated rings. The molecule has 1 atom stereocenters. The van der Waals surface area contributed by atoms with Gasteiger partial charge in [0.25, 0.3) is 10.2 Å². The molecule has 2 saturated heterocycles. The maximum Gasteiger partial charge on any atom is 0.282 e. The van der Waals surface area contributed by atoms with Crippen LogP contribution in [0.4, 0.5) is 0 Å². The Balaban J connectivity index is 1.65. The Bertz CT molecular complexity index is 765. The van der Waals surface area contributed by atoms with Gasteiger partial charge in [0.1, 0.15) is 5.82 Å². The van der Waals surface area contributed by atoms with Crippen LogP contribution < -0.4 is 0 Å². The van der Waals surface area contributed by atoms with Gasteiger partial charge in [-0.25, -0.2) is 4.98 Å². The second-order valence-electron chi connectivity index (χ2n) is 5.93. The van der Waals surface area contributed by atoms with Gasteiger partial charge >= 0.3 is 0 Å². The van der Waals surface area contributed by atoms with E-state index < -0.39 is 10.2 Å². The van der Waals surface area contributed by atoms with Gasteiger partial charge in [-0.1, -0.05) is 12.1 Å². The average Bonchev–Trinajstić information content (AvgIpc) is 3.22. The molecule has 0 radical (unpaired) electrons. The quantitative estimate of drug-likeness (QED) is 0.916. The first-order valence-electron chi connectivity index (χ1n) is 7.95. The van der Waals surface area contributed by atoms with Crippen LogP contribution in [0.1, 0.15) is 24.7 Å². The van der Waals surface area contributed by atoms with Gasteiger partial charge in [0, 0.05) is 19.6 Å². The Morgan fingerprint density at radius 3 is 2.74 bits per heavy atom. The first-order chi connectivity index (χ1) is 11.2. The van der Waals surface area contributed by atoms with E-state index in [1.165, 1.54) is 4.31 Å². The average molecular weight is 336 g/mol. The van der Waals surface area contributed by atoms with Crippen molar-refractivity contribution in [1.82, 2.24) is 18.6 Å². The van der Waals surface area contributed by atoms with Crippen molar-refractivity contribution in [3.8, 4) is 0 Å². The van der Waals surface area contributed by atoms with E-state index in [1.807, 2.05) is 24.3 Å². The number of hydrogen-bond donors (Lipinski definition) is 1. The fourth-order valence-electron chi connectivity index (χ4n) is 3.35. The standard InChI is InChI=1S/C15H20N4O3S/c20-23(21,18-8-10-22-11-9-18)19-7-3-6-14(19)15-16-12-4-1-2-5-13(12)17-15/h1-2,4-5,14H,3,6-11H2,(H,16,17)/t14-/m1/s1. The summed E-state index contributed by atoms with van der Waals surface area (Å²) >= 11 is 0. The van der Waals surface area contributed by atoms with E-state index in [0.29, 0.717) is 32.8 Å². The van der Waals surface area contributed by atoms with Gasteiger partial charge in [-0.2, -0.15) is 17.0 Å². The maximum absolute atomic E-state index is 12.9. The summed E-state index contributed by atoms with van der Waals surface area (Å²) in [5.41, 5.74) is 1.82. The van der Waals surface area contributed by atoms with Crippen LogP contribution >= 0.6 is 0 Å². The minimum atomic E-state index is -3.47. The number of rotatable bonds is 3. The second kappa shape index (κ2) is 5.86. The third kappa shape index (κ3) is 2.65. The number of H-pyrrole nitrogens is 1. The minimum Gasteiger partial charge on any atom is -0.379 e. The summed E-state index contributed by atoms with van der Waals surface area (Å²) in [6.45, 7) is 2.31. The highest BCUT2D eigenvalue weighted by molar-refractivity contribution is 7.86. The molecule has 1 aromatic carbocycles. The van der Waals surface area contributed by atoms with Crippen LogP contribution in [-0.2, 0) is 14.9 Å². The largest absolute Gasteiger partial charge is 0.379 e. The molecule has 2 aromatic rings. The lowest BCUT2D eigenvalue weighted by Crippen LogP contribution is -2.48. The zero-order valence-electron chi connectivity index (χ0n) is 12.8. The summed E-state index contributed by atoms with van der Waals surface area (Å²) in [7, 11) is -3.47. The van der Waals surface area contributed by atoms with Crippen LogP contribution in [0, 0.1) is 0 Å². The zero-order chi connectivity index (χ0) is 15.9. The molecule has 1 aromatic heterocycles. The van der Waals surface area contributed by atoms with Gasteiger partial charge in [0.15, 0.2) is 0 Å². The number of hydrogen-bond acceptors (Lipinski definition) is 4. The molecule has 2 aliphatic rings. The van der Waals surface area contributed by atoms with Crippen molar-refractivity contribution >= 4 is 21.2 Å². The molecule has 3 heterocycles. The third-order valence-corrected chi connectivity index (χ3v) is 6.57. The third-order valence-electron chi connectivity index (χ3n) is 4.52. The van der Waals surface area contributed by atoms with Crippen LogP contribution in [0.5, 0.6) is 0 Å². The Labute approximate surface area is 135 Å². The minimum absolute atomic E-state index is 0.213. The molecule has 0 saturated carbocycles. The second-order valence-corrected chi connectivity index (χ2v) is 7.81. The fraction of sp³-hybridized carbons (Fsp3) is 0.533. The number of fused-ring (bicyclic) bond motifs is 1. The molecule has 1 N–H and O–H groups in total. The lowest BCUT2D eigenvalue weighted by Gasteiger charge is -2.32. The Kier molecular flexibility index (Phi) is 3.84. The Hall–Kier alpha value is -1.48. The molecule has 7 nitrogen and oxygen atoms in total. The predicted molar refractivity (Wildman–Crippen MR) is 86.1 cm³/mol. The lowest BCUT2D eigenvalue weighted by molar-refractivity contribution is 0.0698. The molecule has 2 aliphatic heterocycles. The summed E-state index contributed by atoms with van der Waals surface area (Å²) in [5.74, 6) is 0.737. The fourth-order valence-corrected chi connectivity index (χ4v) is 5.14. The number of nitrogens with one attached hydrogen (secondary N) is 1. The van der Waals surface area contributed by atoms with Crippen molar-refractivity contribution in [2.24, 2.45) is 0 Å². The van der Waals surface area contributed by atoms with E-state index >= 15 is 0 Å². The van der Waals surface area contributed by atoms with Crippen LogP contribution in [0.2, 0.25) is 0 Å². The molecule has 8 heteroatoms. The van der Waals surface area contributed by atoms with E-state index in [4.69, 9.17) is 4.74 Å². The molecule has 0 bridgehead atoms. The zero-order valence-corrected chi connectivity index (χ0v) is 13.6. The Morgan fingerprint density at radius 2 is 1.96 bits per heavy atom. The number of imidazole rings is 1.